The zero-order valence-corrected chi connectivity index (χ0v) is 30.1. The van der Waals surface area contributed by atoms with Crippen molar-refractivity contribution >= 4 is 51.8 Å². The number of rotatable bonds is 9. The summed E-state index contributed by atoms with van der Waals surface area (Å²) >= 11 is 0. The lowest BCUT2D eigenvalue weighted by molar-refractivity contribution is -0.180. The first kappa shape index (κ1) is 37.6. The van der Waals surface area contributed by atoms with Crippen LogP contribution in [0.4, 0.5) is 26.7 Å². The summed E-state index contributed by atoms with van der Waals surface area (Å²) in [7, 11) is 3.96. The number of morpholine rings is 1. The molecular weight excluding hydrogens is 668 g/mol. The molecule has 0 aromatic heterocycles. The minimum Gasteiger partial charge on any atom is -0.492 e. The third-order valence-corrected chi connectivity index (χ3v) is 8.96. The zero-order chi connectivity index (χ0) is 37.6. The second-order valence-electron chi connectivity index (χ2n) is 13.5. The molecule has 5 rings (SSSR count). The number of methoxy groups -OCH3 is 3. The molecule has 1 fully saturated rings. The van der Waals surface area contributed by atoms with Crippen LogP contribution in [0, 0.1) is 0 Å². The zero-order valence-electron chi connectivity index (χ0n) is 30.1. The molecule has 13 nitrogen and oxygen atoms in total. The van der Waals surface area contributed by atoms with E-state index in [0.717, 1.165) is 5.56 Å². The molecule has 4 N–H and O–H groups in total. The van der Waals surface area contributed by atoms with Crippen LogP contribution in [0.2, 0.25) is 0 Å². The molecule has 2 atom stereocenters. The quantitative estimate of drug-likeness (QED) is 0.147. The van der Waals surface area contributed by atoms with Crippen LogP contribution in [-0.4, -0.2) is 81.1 Å². The van der Waals surface area contributed by atoms with E-state index in [-0.39, 0.29) is 36.6 Å². The van der Waals surface area contributed by atoms with Crippen molar-refractivity contribution in [3.05, 3.63) is 95.6 Å². The predicted octanol–water partition coefficient (Wildman–Crippen LogP) is 6.26. The molecule has 13 heteroatoms. The highest BCUT2D eigenvalue weighted by Gasteiger charge is 2.44. The Bertz CT molecular complexity index is 1960. The van der Waals surface area contributed by atoms with Crippen molar-refractivity contribution in [1.82, 2.24) is 4.90 Å². The van der Waals surface area contributed by atoms with Gasteiger partial charge in [-0.2, -0.15) is 0 Å². The molecule has 4 aromatic carbocycles. The normalized spacial score (nSPS) is 17.2. The summed E-state index contributed by atoms with van der Waals surface area (Å²) < 4.78 is 21.6. The lowest BCUT2D eigenvalue weighted by Crippen LogP contribution is -2.57. The molecule has 0 radical (unpaired) electrons. The van der Waals surface area contributed by atoms with Crippen LogP contribution in [0.15, 0.2) is 78.9 Å². The molecule has 1 heterocycles. The van der Waals surface area contributed by atoms with E-state index in [2.05, 4.69) is 16.0 Å². The maximum Gasteiger partial charge on any atom is 0.411 e. The van der Waals surface area contributed by atoms with Crippen molar-refractivity contribution in [3.63, 3.8) is 0 Å². The number of esters is 1. The summed E-state index contributed by atoms with van der Waals surface area (Å²) in [6.07, 6.45) is -1.55. The monoisotopic (exact) mass is 712 g/mol. The molecule has 0 spiro atoms. The van der Waals surface area contributed by atoms with Crippen molar-refractivity contribution in [2.45, 2.75) is 44.3 Å². The maximum atomic E-state index is 14.4. The van der Waals surface area contributed by atoms with Crippen molar-refractivity contribution in [2.24, 2.45) is 0 Å². The lowest BCUT2D eigenvalue weighted by Gasteiger charge is -2.45. The summed E-state index contributed by atoms with van der Waals surface area (Å²) in [5.74, 6) is -0.615. The van der Waals surface area contributed by atoms with Gasteiger partial charge in [0.05, 0.1) is 64.1 Å². The topological polar surface area (TPSA) is 165 Å². The summed E-state index contributed by atoms with van der Waals surface area (Å²) in [6.45, 7) is 5.68. The maximum absolute atomic E-state index is 14.4. The number of aliphatic hydroxyl groups is 1. The van der Waals surface area contributed by atoms with Gasteiger partial charge in [-0.3, -0.25) is 14.9 Å². The van der Waals surface area contributed by atoms with Crippen molar-refractivity contribution in [1.29, 1.82) is 0 Å². The smallest absolute Gasteiger partial charge is 0.411 e. The average Bonchev–Trinajstić information content (AvgIpc) is 3.14. The average molecular weight is 713 g/mol. The number of carbonyl (C=O) groups excluding carboxylic acids is 4. The third kappa shape index (κ3) is 8.11. The summed E-state index contributed by atoms with van der Waals surface area (Å²) in [4.78, 5) is 53.9. The summed E-state index contributed by atoms with van der Waals surface area (Å²) in [5.41, 5.74) is 1.29. The van der Waals surface area contributed by atoms with E-state index in [1.54, 1.807) is 53.4 Å². The van der Waals surface area contributed by atoms with Crippen molar-refractivity contribution < 1.29 is 43.2 Å². The first-order valence-electron chi connectivity index (χ1n) is 16.7. The van der Waals surface area contributed by atoms with Crippen molar-refractivity contribution in [3.8, 4) is 5.75 Å². The van der Waals surface area contributed by atoms with E-state index in [9.17, 15) is 24.3 Å². The van der Waals surface area contributed by atoms with Gasteiger partial charge in [0.15, 0.2) is 5.75 Å². The number of urea groups is 1. The van der Waals surface area contributed by atoms with E-state index in [1.165, 1.54) is 21.3 Å². The predicted molar refractivity (Wildman–Crippen MR) is 197 cm³/mol. The van der Waals surface area contributed by atoms with Crippen LogP contribution in [0.5, 0.6) is 5.75 Å². The Kier molecular flexibility index (Phi) is 11.4. The number of benzene rings is 4. The van der Waals surface area contributed by atoms with Gasteiger partial charge >= 0.3 is 18.1 Å². The molecule has 52 heavy (non-hydrogen) atoms. The molecule has 0 bridgehead atoms. The molecule has 1 aliphatic heterocycles. The second-order valence-corrected chi connectivity index (χ2v) is 13.5. The van der Waals surface area contributed by atoms with Gasteiger partial charge in [0.2, 0.25) is 0 Å². The number of aliphatic hydroxyl groups excluding tert-OH is 1. The van der Waals surface area contributed by atoms with E-state index in [0.29, 0.717) is 39.0 Å². The fourth-order valence-corrected chi connectivity index (χ4v) is 6.29. The molecule has 1 aliphatic rings. The van der Waals surface area contributed by atoms with Gasteiger partial charge in [-0.05, 0) is 46.2 Å². The number of amides is 4. The summed E-state index contributed by atoms with van der Waals surface area (Å²) in [5, 5.41) is 20.2. The number of nitrogens with one attached hydrogen (secondary N) is 3. The van der Waals surface area contributed by atoms with Gasteiger partial charge in [0.25, 0.3) is 5.91 Å². The number of ether oxygens (including phenoxy) is 4. The molecule has 0 saturated carbocycles. The molecule has 4 aromatic rings. The Hall–Kier alpha value is -5.66. The van der Waals surface area contributed by atoms with Crippen LogP contribution in [0.3, 0.4) is 0 Å². The molecule has 4 amide bonds. The van der Waals surface area contributed by atoms with Crippen LogP contribution in [-0.2, 0) is 30.0 Å². The Balaban J connectivity index is 1.46. The van der Waals surface area contributed by atoms with Gasteiger partial charge < -0.3 is 39.6 Å². The highest BCUT2D eigenvalue weighted by Crippen LogP contribution is 2.39. The minimum atomic E-state index is -1.28. The van der Waals surface area contributed by atoms with E-state index in [4.69, 9.17) is 18.9 Å². The van der Waals surface area contributed by atoms with Crippen LogP contribution in [0.1, 0.15) is 48.7 Å². The molecular formula is C39H44N4O9. The lowest BCUT2D eigenvalue weighted by atomic mass is 9.86. The summed E-state index contributed by atoms with van der Waals surface area (Å²) in [6, 6.07) is 22.5. The Labute approximate surface area is 302 Å². The second kappa shape index (κ2) is 15.7. The number of hydrogen-bond acceptors (Lipinski definition) is 9. The Morgan fingerprint density at radius 2 is 1.48 bits per heavy atom. The highest BCUT2D eigenvalue weighted by molar-refractivity contribution is 6.13. The fourth-order valence-electron chi connectivity index (χ4n) is 6.29. The molecule has 0 aliphatic carbocycles. The standard InChI is InChI=1S/C39H44N4O9/c1-38(2,3)25-18-31(34(50-5)32(19-25)42-37(48)51-6)41-36(47)40-30-17-16-29(27-14-10-11-15-28(27)30)35(46)43-21-26(20-33(45)49-4)52-39(22-43,23-44)24-12-8-7-9-13-24/h7-19,26,44H,20-23H2,1-6H3,(H,42,48)(H2,40,41,47). The van der Waals surface area contributed by atoms with Crippen LogP contribution >= 0.6 is 0 Å². The number of fused-ring (bicyclic) bond motifs is 1. The minimum absolute atomic E-state index is 0.0308. The Morgan fingerprint density at radius 3 is 2.10 bits per heavy atom. The van der Waals surface area contributed by atoms with E-state index >= 15 is 0 Å². The molecule has 274 valence electrons. The SMILES string of the molecule is COC(=O)CC1CN(C(=O)c2ccc(NC(=O)Nc3cc(C(C)(C)C)cc(NC(=O)OC)c3OC)c3ccccc23)CC(CO)(c2ccccc2)O1. The van der Waals surface area contributed by atoms with Gasteiger partial charge in [0.1, 0.15) is 5.60 Å². The third-order valence-electron chi connectivity index (χ3n) is 8.96. The van der Waals surface area contributed by atoms with Gasteiger partial charge in [-0.1, -0.05) is 75.4 Å². The van der Waals surface area contributed by atoms with Crippen LogP contribution < -0.4 is 20.7 Å². The first-order valence-corrected chi connectivity index (χ1v) is 16.7. The highest BCUT2D eigenvalue weighted by atomic mass is 16.5. The van der Waals surface area contributed by atoms with E-state index in [1.807, 2.05) is 51.1 Å². The number of anilines is 3. The number of carbonyl (C=O) groups is 4. The molecule has 2 unspecified atom stereocenters. The van der Waals surface area contributed by atoms with Gasteiger partial charge in [-0.15, -0.1) is 0 Å². The largest absolute Gasteiger partial charge is 0.492 e. The van der Waals surface area contributed by atoms with Gasteiger partial charge in [0, 0.05) is 17.5 Å². The van der Waals surface area contributed by atoms with Crippen LogP contribution in [0.25, 0.3) is 10.8 Å². The fraction of sp³-hybridized carbons (Fsp3) is 0.333. The number of hydrogen-bond donors (Lipinski definition) is 4. The van der Waals surface area contributed by atoms with E-state index < -0.39 is 36.4 Å². The Morgan fingerprint density at radius 1 is 0.846 bits per heavy atom. The van der Waals surface area contributed by atoms with Gasteiger partial charge in [-0.25, -0.2) is 9.59 Å². The number of nitrogens with zero attached hydrogens (tertiary/aromatic N) is 1. The van der Waals surface area contributed by atoms with Crippen molar-refractivity contribution in [2.75, 3.05) is 57.0 Å². The first-order chi connectivity index (χ1) is 24.8. The molecule has 1 saturated heterocycles.